The molecule has 1 aromatic carbocycles. The number of benzene rings is 1. The van der Waals surface area contributed by atoms with E-state index >= 15 is 0 Å². The molecule has 4 nitrogen and oxygen atoms in total. The van der Waals surface area contributed by atoms with Gasteiger partial charge in [-0.15, -0.1) is 0 Å². The van der Waals surface area contributed by atoms with Crippen LogP contribution in [0, 0.1) is 5.92 Å². The van der Waals surface area contributed by atoms with Crippen LogP contribution in [0.5, 0.6) is 5.75 Å². The quantitative estimate of drug-likeness (QED) is 0.755. The topological polar surface area (TPSA) is 49.8 Å². The monoisotopic (exact) mass is 293 g/mol. The van der Waals surface area contributed by atoms with E-state index in [1.165, 1.54) is 20.0 Å². The summed E-state index contributed by atoms with van der Waals surface area (Å²) in [5, 5.41) is 9.24. The Hall–Kier alpha value is -1.55. The lowest BCUT2D eigenvalue weighted by atomic mass is 10.0. The normalized spacial score (nSPS) is 11.1. The van der Waals surface area contributed by atoms with Crippen LogP contribution < -0.4 is 4.74 Å². The number of rotatable bonds is 9. The molecule has 0 aliphatic rings. The van der Waals surface area contributed by atoms with Crippen molar-refractivity contribution in [2.24, 2.45) is 5.92 Å². The molecule has 0 aromatic heterocycles. The molecule has 0 spiro atoms. The summed E-state index contributed by atoms with van der Waals surface area (Å²) >= 11 is 0. The first kappa shape index (κ1) is 17.5. The summed E-state index contributed by atoms with van der Waals surface area (Å²) in [7, 11) is 1.49. The van der Waals surface area contributed by atoms with Crippen molar-refractivity contribution in [2.45, 2.75) is 40.2 Å². The Morgan fingerprint density at radius 3 is 2.43 bits per heavy atom. The number of carbonyl (C=O) groups is 1. The minimum absolute atomic E-state index is 0.230. The van der Waals surface area contributed by atoms with Crippen LogP contribution in [0.25, 0.3) is 0 Å². The van der Waals surface area contributed by atoms with Crippen molar-refractivity contribution in [1.82, 2.24) is 4.90 Å². The summed E-state index contributed by atoms with van der Waals surface area (Å²) in [6.45, 7) is 9.37. The maximum atomic E-state index is 11.3. The van der Waals surface area contributed by atoms with Gasteiger partial charge in [-0.2, -0.15) is 0 Å². The van der Waals surface area contributed by atoms with Crippen molar-refractivity contribution in [2.75, 3.05) is 20.2 Å². The zero-order chi connectivity index (χ0) is 15.8. The van der Waals surface area contributed by atoms with Gasteiger partial charge in [-0.25, -0.2) is 4.79 Å². The highest BCUT2D eigenvalue weighted by molar-refractivity contribution is 5.91. The number of carboxylic acid groups (broad SMARTS) is 1. The van der Waals surface area contributed by atoms with Gasteiger partial charge < -0.3 is 9.84 Å². The van der Waals surface area contributed by atoms with Gasteiger partial charge in [-0.3, -0.25) is 4.90 Å². The van der Waals surface area contributed by atoms with E-state index < -0.39 is 5.97 Å². The highest BCUT2D eigenvalue weighted by Gasteiger charge is 2.14. The molecule has 0 fully saturated rings. The molecule has 1 N–H and O–H groups in total. The number of carboxylic acids is 1. The molecule has 0 radical (unpaired) electrons. The van der Waals surface area contributed by atoms with E-state index in [0.717, 1.165) is 25.2 Å². The van der Waals surface area contributed by atoms with E-state index in [1.54, 1.807) is 12.1 Å². The molecule has 0 bridgehead atoms. The van der Waals surface area contributed by atoms with Crippen LogP contribution in [-0.4, -0.2) is 36.2 Å². The van der Waals surface area contributed by atoms with Crippen LogP contribution in [0.3, 0.4) is 0 Å². The predicted octanol–water partition coefficient (Wildman–Crippen LogP) is 3.65. The second-order valence-corrected chi connectivity index (χ2v) is 5.35. The summed E-state index contributed by atoms with van der Waals surface area (Å²) in [4.78, 5) is 13.6. The molecular formula is C17H27NO3. The molecule has 1 aromatic rings. The minimum Gasteiger partial charge on any atom is -0.496 e. The first-order valence-electron chi connectivity index (χ1n) is 7.68. The fourth-order valence-corrected chi connectivity index (χ4v) is 2.50. The summed E-state index contributed by atoms with van der Waals surface area (Å²) in [6, 6.07) is 5.40. The van der Waals surface area contributed by atoms with Crippen LogP contribution in [0.15, 0.2) is 18.2 Å². The number of aromatic carboxylic acids is 1. The van der Waals surface area contributed by atoms with Crippen LogP contribution in [0.4, 0.5) is 0 Å². The highest BCUT2D eigenvalue weighted by Crippen LogP contribution is 2.21. The average Bonchev–Trinajstić information content (AvgIpc) is 2.51. The first-order valence-corrected chi connectivity index (χ1v) is 7.68. The molecule has 0 amide bonds. The zero-order valence-corrected chi connectivity index (χ0v) is 13.6. The number of hydrogen-bond donors (Lipinski definition) is 1. The largest absolute Gasteiger partial charge is 0.496 e. The molecule has 0 unspecified atom stereocenters. The summed E-state index contributed by atoms with van der Waals surface area (Å²) < 4.78 is 5.10. The van der Waals surface area contributed by atoms with Gasteiger partial charge in [0.15, 0.2) is 0 Å². The van der Waals surface area contributed by atoms with Gasteiger partial charge >= 0.3 is 5.97 Å². The lowest BCUT2D eigenvalue weighted by Crippen LogP contribution is -2.28. The molecule has 0 saturated heterocycles. The molecule has 1 rings (SSSR count). The third-order valence-electron chi connectivity index (χ3n) is 4.02. The van der Waals surface area contributed by atoms with Gasteiger partial charge in [0.2, 0.25) is 0 Å². The average molecular weight is 293 g/mol. The van der Waals surface area contributed by atoms with E-state index in [1.807, 2.05) is 6.07 Å². The van der Waals surface area contributed by atoms with E-state index in [2.05, 4.69) is 25.7 Å². The molecule has 118 valence electrons. The van der Waals surface area contributed by atoms with Crippen molar-refractivity contribution in [3.05, 3.63) is 29.3 Å². The Labute approximate surface area is 127 Å². The lowest BCUT2D eigenvalue weighted by Gasteiger charge is -2.25. The van der Waals surface area contributed by atoms with Crippen molar-refractivity contribution in [1.29, 1.82) is 0 Å². The second kappa shape index (κ2) is 8.67. The fraction of sp³-hybridized carbons (Fsp3) is 0.588. The van der Waals surface area contributed by atoms with Crippen molar-refractivity contribution >= 4 is 5.97 Å². The maximum absolute atomic E-state index is 11.3. The first-order chi connectivity index (χ1) is 10.0. The number of hydrogen-bond acceptors (Lipinski definition) is 3. The molecular weight excluding hydrogens is 266 g/mol. The Balaban J connectivity index is 2.85. The molecule has 0 aliphatic heterocycles. The van der Waals surface area contributed by atoms with Crippen LogP contribution in [0.1, 0.15) is 49.5 Å². The fourth-order valence-electron chi connectivity index (χ4n) is 2.50. The third kappa shape index (κ3) is 5.05. The number of methoxy groups -OCH3 is 1. The van der Waals surface area contributed by atoms with Gasteiger partial charge in [0, 0.05) is 13.1 Å². The Bertz CT molecular complexity index is 455. The zero-order valence-electron chi connectivity index (χ0n) is 13.6. The van der Waals surface area contributed by atoms with Crippen LogP contribution in [0.2, 0.25) is 0 Å². The molecule has 21 heavy (non-hydrogen) atoms. The second-order valence-electron chi connectivity index (χ2n) is 5.35. The highest BCUT2D eigenvalue weighted by atomic mass is 16.5. The van der Waals surface area contributed by atoms with E-state index in [0.29, 0.717) is 11.7 Å². The van der Waals surface area contributed by atoms with Crippen LogP contribution >= 0.6 is 0 Å². The molecule has 0 atom stereocenters. The van der Waals surface area contributed by atoms with Gasteiger partial charge in [0.1, 0.15) is 11.3 Å². The van der Waals surface area contributed by atoms with Crippen LogP contribution in [-0.2, 0) is 6.54 Å². The molecule has 0 heterocycles. The van der Waals surface area contributed by atoms with Crippen molar-refractivity contribution in [3.8, 4) is 5.75 Å². The summed E-state index contributed by atoms with van der Waals surface area (Å²) in [6.07, 6.45) is 2.35. The lowest BCUT2D eigenvalue weighted by molar-refractivity contribution is 0.0693. The molecule has 0 aliphatic carbocycles. The van der Waals surface area contributed by atoms with E-state index in [4.69, 9.17) is 4.74 Å². The Kier molecular flexibility index (Phi) is 7.23. The summed E-state index contributed by atoms with van der Waals surface area (Å²) in [5.74, 6) is 0.160. The third-order valence-corrected chi connectivity index (χ3v) is 4.02. The standard InChI is InChI=1S/C17H27NO3/c1-5-13(6-2)11-18(7-3)12-14-8-9-16(21-4)15(10-14)17(19)20/h8-10,13H,5-7,11-12H2,1-4H3,(H,19,20). The van der Waals surface area contributed by atoms with E-state index in [9.17, 15) is 9.90 Å². The van der Waals surface area contributed by atoms with Gasteiger partial charge in [-0.05, 0) is 30.2 Å². The summed E-state index contributed by atoms with van der Waals surface area (Å²) in [5.41, 5.74) is 1.24. The van der Waals surface area contributed by atoms with Gasteiger partial charge in [-0.1, -0.05) is 39.7 Å². The van der Waals surface area contributed by atoms with Crippen molar-refractivity contribution < 1.29 is 14.6 Å². The molecule has 0 saturated carbocycles. The maximum Gasteiger partial charge on any atom is 0.339 e. The minimum atomic E-state index is -0.947. The Morgan fingerprint density at radius 2 is 1.95 bits per heavy atom. The Morgan fingerprint density at radius 1 is 1.29 bits per heavy atom. The number of ether oxygens (including phenoxy) is 1. The van der Waals surface area contributed by atoms with E-state index in [-0.39, 0.29) is 5.56 Å². The smallest absolute Gasteiger partial charge is 0.339 e. The number of nitrogens with zero attached hydrogens (tertiary/aromatic N) is 1. The molecule has 4 heteroatoms. The SMILES string of the molecule is CCC(CC)CN(CC)Cc1ccc(OC)c(C(=O)O)c1. The van der Waals surface area contributed by atoms with Gasteiger partial charge in [0.05, 0.1) is 7.11 Å². The predicted molar refractivity (Wildman–Crippen MR) is 85.0 cm³/mol. The van der Waals surface area contributed by atoms with Gasteiger partial charge in [0.25, 0.3) is 0 Å². The van der Waals surface area contributed by atoms with Crippen molar-refractivity contribution in [3.63, 3.8) is 0 Å².